The molecule has 0 radical (unpaired) electrons. The second-order valence-corrected chi connectivity index (χ2v) is 4.82. The Morgan fingerprint density at radius 1 is 0.583 bits per heavy atom. The predicted octanol–water partition coefficient (Wildman–Crippen LogP) is 3.01. The van der Waals surface area contributed by atoms with Crippen molar-refractivity contribution in [2.24, 2.45) is 0 Å². The molecule has 0 saturated heterocycles. The molecule has 6 heteroatoms. The normalized spacial score (nSPS) is 10.0. The summed E-state index contributed by atoms with van der Waals surface area (Å²) in [5.74, 6) is 1.75. The van der Waals surface area contributed by atoms with Crippen LogP contribution in [0.2, 0.25) is 0 Å². The van der Waals surface area contributed by atoms with E-state index < -0.39 is 0 Å². The number of aldehydes is 2. The molecule has 0 aliphatic rings. The summed E-state index contributed by atoms with van der Waals surface area (Å²) in [5.41, 5.74) is 1.79. The molecule has 0 amide bonds. The molecule has 24 heavy (non-hydrogen) atoms. The van der Waals surface area contributed by atoms with Crippen LogP contribution in [0.4, 0.5) is 0 Å². The summed E-state index contributed by atoms with van der Waals surface area (Å²) in [5, 5.41) is 0. The summed E-state index contributed by atoms with van der Waals surface area (Å²) in [6.07, 6.45) is 1.39. The van der Waals surface area contributed by atoms with Gasteiger partial charge in [-0.1, -0.05) is 0 Å². The molecule has 0 aromatic heterocycles. The maximum atomic E-state index is 11.5. The van der Waals surface area contributed by atoms with E-state index in [2.05, 4.69) is 0 Å². The highest BCUT2D eigenvalue weighted by atomic mass is 16.5. The number of methoxy groups -OCH3 is 4. The molecule has 2 rings (SSSR count). The topological polar surface area (TPSA) is 71.1 Å². The fourth-order valence-corrected chi connectivity index (χ4v) is 2.45. The van der Waals surface area contributed by atoms with Crippen molar-refractivity contribution < 1.29 is 28.5 Å². The van der Waals surface area contributed by atoms with Crippen LogP contribution in [0.25, 0.3) is 11.1 Å². The Labute approximate surface area is 139 Å². The molecule has 0 unspecified atom stereocenters. The lowest BCUT2D eigenvalue weighted by Gasteiger charge is -2.16. The molecule has 0 heterocycles. The van der Waals surface area contributed by atoms with Gasteiger partial charge in [0.05, 0.1) is 28.4 Å². The van der Waals surface area contributed by atoms with Crippen LogP contribution < -0.4 is 18.9 Å². The average Bonchev–Trinajstić information content (AvgIpc) is 2.65. The molecular formula is C18H18O6. The largest absolute Gasteiger partial charge is 0.493 e. The third kappa shape index (κ3) is 3.03. The van der Waals surface area contributed by atoms with Gasteiger partial charge in [-0.25, -0.2) is 0 Å². The Morgan fingerprint density at radius 2 is 0.875 bits per heavy atom. The lowest BCUT2D eigenvalue weighted by atomic mass is 9.95. The van der Waals surface area contributed by atoms with Crippen LogP contribution in [0.1, 0.15) is 20.7 Å². The first-order valence-electron chi connectivity index (χ1n) is 7.06. The van der Waals surface area contributed by atoms with Crippen molar-refractivity contribution in [2.45, 2.75) is 0 Å². The van der Waals surface area contributed by atoms with E-state index in [0.717, 1.165) is 0 Å². The smallest absolute Gasteiger partial charge is 0.161 e. The summed E-state index contributed by atoms with van der Waals surface area (Å²) < 4.78 is 21.0. The average molecular weight is 330 g/mol. The number of ether oxygens (including phenoxy) is 4. The molecule has 0 bridgehead atoms. The van der Waals surface area contributed by atoms with Crippen molar-refractivity contribution in [3.63, 3.8) is 0 Å². The van der Waals surface area contributed by atoms with Crippen LogP contribution in [-0.2, 0) is 0 Å². The van der Waals surface area contributed by atoms with E-state index >= 15 is 0 Å². The highest BCUT2D eigenvalue weighted by Crippen LogP contribution is 2.40. The lowest BCUT2D eigenvalue weighted by molar-refractivity contribution is 0.111. The fourth-order valence-electron chi connectivity index (χ4n) is 2.45. The van der Waals surface area contributed by atoms with E-state index in [9.17, 15) is 9.59 Å². The number of hydrogen-bond acceptors (Lipinski definition) is 6. The van der Waals surface area contributed by atoms with Gasteiger partial charge in [-0.05, 0) is 35.4 Å². The maximum Gasteiger partial charge on any atom is 0.161 e. The number of hydrogen-bond donors (Lipinski definition) is 0. The molecule has 0 aliphatic heterocycles. The summed E-state index contributed by atoms with van der Waals surface area (Å²) in [4.78, 5) is 23.0. The zero-order valence-electron chi connectivity index (χ0n) is 13.9. The molecule has 2 aromatic carbocycles. The van der Waals surface area contributed by atoms with Crippen molar-refractivity contribution in [3.8, 4) is 34.1 Å². The molecule has 0 fully saturated rings. The SMILES string of the molecule is COc1cc(C=O)c(-c2cc(OC)c(OC)cc2C=O)cc1OC. The van der Waals surface area contributed by atoms with Crippen LogP contribution in [0.3, 0.4) is 0 Å². The van der Waals surface area contributed by atoms with E-state index in [1.165, 1.54) is 28.4 Å². The Balaban J connectivity index is 2.79. The van der Waals surface area contributed by atoms with Crippen molar-refractivity contribution in [2.75, 3.05) is 28.4 Å². The first-order chi connectivity index (χ1) is 11.6. The van der Waals surface area contributed by atoms with Crippen LogP contribution in [0.15, 0.2) is 24.3 Å². The summed E-state index contributed by atoms with van der Waals surface area (Å²) in [6.45, 7) is 0. The van der Waals surface area contributed by atoms with Gasteiger partial charge in [0.25, 0.3) is 0 Å². The second-order valence-electron chi connectivity index (χ2n) is 4.82. The van der Waals surface area contributed by atoms with Gasteiger partial charge in [0, 0.05) is 11.1 Å². The number of carbonyl (C=O) groups is 2. The van der Waals surface area contributed by atoms with E-state index in [1.54, 1.807) is 24.3 Å². The van der Waals surface area contributed by atoms with E-state index in [1.807, 2.05) is 0 Å². The predicted molar refractivity (Wildman–Crippen MR) is 88.9 cm³/mol. The van der Waals surface area contributed by atoms with Gasteiger partial charge in [-0.3, -0.25) is 9.59 Å². The third-order valence-corrected chi connectivity index (χ3v) is 3.66. The van der Waals surface area contributed by atoms with Gasteiger partial charge < -0.3 is 18.9 Å². The molecular weight excluding hydrogens is 312 g/mol. The summed E-state index contributed by atoms with van der Waals surface area (Å²) in [6, 6.07) is 6.42. The zero-order valence-corrected chi connectivity index (χ0v) is 13.9. The molecule has 0 spiro atoms. The van der Waals surface area contributed by atoms with Gasteiger partial charge in [0.1, 0.15) is 0 Å². The van der Waals surface area contributed by atoms with Crippen LogP contribution in [0.5, 0.6) is 23.0 Å². The standard InChI is InChI=1S/C18H18O6/c1-21-15-5-11(9-19)13(7-17(15)23-3)14-8-18(24-4)16(22-2)6-12(14)10-20/h5-10H,1-4H3. The molecule has 0 N–H and O–H groups in total. The van der Waals surface area contributed by atoms with Crippen LogP contribution in [0, 0.1) is 0 Å². The van der Waals surface area contributed by atoms with Gasteiger partial charge in [-0.2, -0.15) is 0 Å². The summed E-state index contributed by atoms with van der Waals surface area (Å²) >= 11 is 0. The van der Waals surface area contributed by atoms with Crippen molar-refractivity contribution in [1.82, 2.24) is 0 Å². The van der Waals surface area contributed by atoms with E-state index in [-0.39, 0.29) is 0 Å². The van der Waals surface area contributed by atoms with Crippen molar-refractivity contribution >= 4 is 12.6 Å². The monoisotopic (exact) mass is 330 g/mol. The van der Waals surface area contributed by atoms with E-state index in [0.29, 0.717) is 57.8 Å². The Morgan fingerprint density at radius 3 is 1.12 bits per heavy atom. The minimum Gasteiger partial charge on any atom is -0.493 e. The number of benzene rings is 2. The minimum atomic E-state index is 0.364. The lowest BCUT2D eigenvalue weighted by Crippen LogP contribution is -1.99. The Bertz CT molecular complexity index is 701. The fraction of sp³-hybridized carbons (Fsp3) is 0.222. The highest BCUT2D eigenvalue weighted by molar-refractivity contribution is 5.96. The molecule has 6 nitrogen and oxygen atoms in total. The number of rotatable bonds is 7. The highest BCUT2D eigenvalue weighted by Gasteiger charge is 2.18. The van der Waals surface area contributed by atoms with Gasteiger partial charge in [0.15, 0.2) is 35.6 Å². The molecule has 126 valence electrons. The third-order valence-electron chi connectivity index (χ3n) is 3.66. The quantitative estimate of drug-likeness (QED) is 0.727. The molecule has 2 aromatic rings. The van der Waals surface area contributed by atoms with Crippen molar-refractivity contribution in [1.29, 1.82) is 0 Å². The van der Waals surface area contributed by atoms with E-state index in [4.69, 9.17) is 18.9 Å². The second kappa shape index (κ2) is 7.50. The summed E-state index contributed by atoms with van der Waals surface area (Å²) in [7, 11) is 5.97. The minimum absolute atomic E-state index is 0.364. The Hall–Kier alpha value is -3.02. The Kier molecular flexibility index (Phi) is 5.42. The molecule has 0 atom stereocenters. The first kappa shape index (κ1) is 17.3. The molecule has 0 saturated carbocycles. The van der Waals surface area contributed by atoms with Crippen LogP contribution >= 0.6 is 0 Å². The number of carbonyl (C=O) groups excluding carboxylic acids is 2. The zero-order chi connectivity index (χ0) is 17.7. The van der Waals surface area contributed by atoms with Gasteiger partial charge >= 0.3 is 0 Å². The molecule has 0 aliphatic carbocycles. The van der Waals surface area contributed by atoms with Crippen LogP contribution in [-0.4, -0.2) is 41.0 Å². The maximum absolute atomic E-state index is 11.5. The van der Waals surface area contributed by atoms with Crippen molar-refractivity contribution in [3.05, 3.63) is 35.4 Å². The van der Waals surface area contributed by atoms with Gasteiger partial charge in [-0.15, -0.1) is 0 Å². The van der Waals surface area contributed by atoms with Gasteiger partial charge in [0.2, 0.25) is 0 Å². The first-order valence-corrected chi connectivity index (χ1v) is 7.06.